The molecular weight excluding hydrogens is 460 g/mol. The van der Waals surface area contributed by atoms with Gasteiger partial charge in [-0.25, -0.2) is 14.8 Å². The molecule has 0 spiro atoms. The normalized spacial score (nSPS) is 18.2. The topological polar surface area (TPSA) is 82.6 Å². The highest BCUT2D eigenvalue weighted by Gasteiger charge is 2.26. The lowest BCUT2D eigenvalue weighted by atomic mass is 10.2. The van der Waals surface area contributed by atoms with Crippen molar-refractivity contribution in [3.8, 4) is 5.88 Å². The van der Waals surface area contributed by atoms with Crippen LogP contribution < -0.4 is 20.3 Å². The van der Waals surface area contributed by atoms with E-state index in [1.165, 1.54) is 18.5 Å². The summed E-state index contributed by atoms with van der Waals surface area (Å²) in [6.07, 6.45) is 9.50. The van der Waals surface area contributed by atoms with Crippen molar-refractivity contribution in [2.75, 3.05) is 35.7 Å². The van der Waals surface area contributed by atoms with Crippen LogP contribution in [0.4, 0.5) is 21.9 Å². The molecule has 2 aliphatic rings. The van der Waals surface area contributed by atoms with E-state index in [1.54, 1.807) is 23.6 Å². The third kappa shape index (κ3) is 6.29. The third-order valence-corrected chi connectivity index (χ3v) is 7.49. The number of aromatic nitrogens is 2. The Balaban J connectivity index is 1.09. The summed E-state index contributed by atoms with van der Waals surface area (Å²) in [7, 11) is 2.17. The minimum Gasteiger partial charge on any atom is -0.474 e. The van der Waals surface area contributed by atoms with Crippen LogP contribution in [0.2, 0.25) is 0 Å². The van der Waals surface area contributed by atoms with Crippen molar-refractivity contribution in [2.45, 2.75) is 50.8 Å². The second-order valence-corrected chi connectivity index (χ2v) is 10.2. The van der Waals surface area contributed by atoms with Crippen LogP contribution in [0.5, 0.6) is 5.88 Å². The van der Waals surface area contributed by atoms with Gasteiger partial charge in [-0.2, -0.15) is 0 Å². The second-order valence-electron chi connectivity index (χ2n) is 9.26. The smallest absolute Gasteiger partial charge is 0.323 e. The number of thiazole rings is 1. The summed E-state index contributed by atoms with van der Waals surface area (Å²) in [6, 6.07) is 11.8. The molecule has 1 saturated heterocycles. The Morgan fingerprint density at radius 2 is 1.86 bits per heavy atom. The zero-order chi connectivity index (χ0) is 24.0. The molecule has 1 aliphatic heterocycles. The summed E-state index contributed by atoms with van der Waals surface area (Å²) >= 11 is 1.71. The average molecular weight is 493 g/mol. The van der Waals surface area contributed by atoms with Gasteiger partial charge in [-0.3, -0.25) is 4.90 Å². The molecule has 3 heterocycles. The van der Waals surface area contributed by atoms with E-state index in [9.17, 15) is 4.79 Å². The quantitative estimate of drug-likeness (QED) is 0.449. The molecule has 35 heavy (non-hydrogen) atoms. The Morgan fingerprint density at radius 1 is 1.09 bits per heavy atom. The van der Waals surface area contributed by atoms with E-state index in [1.807, 2.05) is 29.8 Å². The standard InChI is InChI=1S/C26H32N6O2S/c1-31(18-25-27-13-15-35-25)22-12-14-32(17-22)21-9-6-19(7-10-21)29-26(33)30-20-8-11-24(28-16-20)34-23-4-2-3-5-23/h6-11,13,15-16,22-23H,2-5,12,14,17-18H2,1H3,(H2,29,30,33). The molecule has 5 rings (SSSR count). The van der Waals surface area contributed by atoms with Gasteiger partial charge >= 0.3 is 6.03 Å². The Labute approximate surface area is 210 Å². The Hall–Kier alpha value is -3.17. The van der Waals surface area contributed by atoms with Gasteiger partial charge in [0.2, 0.25) is 5.88 Å². The molecule has 2 N–H and O–H groups in total. The number of carbonyl (C=O) groups excluding carboxylic acids is 1. The summed E-state index contributed by atoms with van der Waals surface area (Å²) in [6.45, 7) is 2.90. The molecule has 0 radical (unpaired) electrons. The fraction of sp³-hybridized carbons (Fsp3) is 0.423. The van der Waals surface area contributed by atoms with Gasteiger partial charge in [-0.15, -0.1) is 11.3 Å². The van der Waals surface area contributed by atoms with Crippen molar-refractivity contribution < 1.29 is 9.53 Å². The van der Waals surface area contributed by atoms with Crippen molar-refractivity contribution in [3.05, 3.63) is 59.2 Å². The molecule has 9 heteroatoms. The Bertz CT molecular complexity index is 1080. The number of urea groups is 1. The van der Waals surface area contributed by atoms with E-state index >= 15 is 0 Å². The number of pyridine rings is 1. The van der Waals surface area contributed by atoms with Gasteiger partial charge in [-0.05, 0) is 69.5 Å². The highest BCUT2D eigenvalue weighted by Crippen LogP contribution is 2.26. The number of nitrogens with one attached hydrogen (secondary N) is 2. The minimum absolute atomic E-state index is 0.267. The molecule has 1 aliphatic carbocycles. The van der Waals surface area contributed by atoms with E-state index in [0.717, 1.165) is 49.6 Å². The largest absolute Gasteiger partial charge is 0.474 e. The summed E-state index contributed by atoms with van der Waals surface area (Å²) in [5.41, 5.74) is 2.54. The molecule has 3 aromatic rings. The number of hydrogen-bond donors (Lipinski definition) is 2. The number of hydrogen-bond acceptors (Lipinski definition) is 7. The van der Waals surface area contributed by atoms with Gasteiger partial charge in [0.1, 0.15) is 11.1 Å². The van der Waals surface area contributed by atoms with Gasteiger partial charge in [0, 0.05) is 48.1 Å². The van der Waals surface area contributed by atoms with Crippen LogP contribution >= 0.6 is 11.3 Å². The van der Waals surface area contributed by atoms with E-state index < -0.39 is 0 Å². The van der Waals surface area contributed by atoms with E-state index in [2.05, 4.69) is 49.6 Å². The minimum atomic E-state index is -0.297. The highest BCUT2D eigenvalue weighted by atomic mass is 32.1. The number of carbonyl (C=O) groups is 1. The molecule has 184 valence electrons. The predicted molar refractivity (Wildman–Crippen MR) is 140 cm³/mol. The van der Waals surface area contributed by atoms with Gasteiger partial charge in [0.25, 0.3) is 0 Å². The lowest BCUT2D eigenvalue weighted by Crippen LogP contribution is -2.34. The van der Waals surface area contributed by atoms with Gasteiger partial charge in [0.15, 0.2) is 0 Å². The molecule has 2 amide bonds. The van der Waals surface area contributed by atoms with Crippen LogP contribution in [-0.4, -0.2) is 53.2 Å². The van der Waals surface area contributed by atoms with E-state index in [0.29, 0.717) is 17.6 Å². The summed E-state index contributed by atoms with van der Waals surface area (Å²) in [5, 5.41) is 8.90. The highest BCUT2D eigenvalue weighted by molar-refractivity contribution is 7.09. The molecule has 2 fully saturated rings. The summed E-state index contributed by atoms with van der Waals surface area (Å²) in [5.74, 6) is 0.608. The van der Waals surface area contributed by atoms with Crippen LogP contribution in [0.3, 0.4) is 0 Å². The van der Waals surface area contributed by atoms with Crippen molar-refractivity contribution in [3.63, 3.8) is 0 Å². The number of likely N-dealkylation sites (N-methyl/N-ethyl adjacent to an activating group) is 1. The van der Waals surface area contributed by atoms with E-state index in [-0.39, 0.29) is 12.1 Å². The molecule has 2 aromatic heterocycles. The molecule has 0 bridgehead atoms. The molecule has 1 aromatic carbocycles. The van der Waals surface area contributed by atoms with Crippen molar-refractivity contribution in [1.82, 2.24) is 14.9 Å². The molecule has 1 unspecified atom stereocenters. The van der Waals surface area contributed by atoms with Crippen LogP contribution in [-0.2, 0) is 6.54 Å². The number of nitrogens with zero attached hydrogens (tertiary/aromatic N) is 4. The third-order valence-electron chi connectivity index (χ3n) is 6.73. The first kappa shape index (κ1) is 23.6. The lowest BCUT2D eigenvalue weighted by Gasteiger charge is -2.24. The monoisotopic (exact) mass is 492 g/mol. The average Bonchev–Trinajstić information content (AvgIpc) is 3.64. The second kappa shape index (κ2) is 11.0. The van der Waals surface area contributed by atoms with Gasteiger partial charge < -0.3 is 20.3 Å². The number of ether oxygens (including phenoxy) is 1. The van der Waals surface area contributed by atoms with Crippen LogP contribution in [0.1, 0.15) is 37.1 Å². The predicted octanol–water partition coefficient (Wildman–Crippen LogP) is 5.21. The van der Waals surface area contributed by atoms with Crippen molar-refractivity contribution >= 4 is 34.4 Å². The zero-order valence-electron chi connectivity index (χ0n) is 20.0. The maximum Gasteiger partial charge on any atom is 0.323 e. The number of amides is 2. The SMILES string of the molecule is CN(Cc1nccs1)C1CCN(c2ccc(NC(=O)Nc3ccc(OC4CCCC4)nc3)cc2)C1. The van der Waals surface area contributed by atoms with Crippen molar-refractivity contribution in [1.29, 1.82) is 0 Å². The number of rotatable bonds is 8. The van der Waals surface area contributed by atoms with Crippen LogP contribution in [0.25, 0.3) is 0 Å². The molecule has 1 atom stereocenters. The molecule has 8 nitrogen and oxygen atoms in total. The summed E-state index contributed by atoms with van der Waals surface area (Å²) < 4.78 is 5.88. The molecular formula is C26H32N6O2S. The van der Waals surface area contributed by atoms with E-state index in [4.69, 9.17) is 4.74 Å². The van der Waals surface area contributed by atoms with Gasteiger partial charge in [0.05, 0.1) is 18.4 Å². The van der Waals surface area contributed by atoms with Crippen LogP contribution in [0, 0.1) is 0 Å². The fourth-order valence-corrected chi connectivity index (χ4v) is 5.44. The first-order valence-corrected chi connectivity index (χ1v) is 13.1. The maximum atomic E-state index is 12.4. The Morgan fingerprint density at radius 3 is 2.57 bits per heavy atom. The molecule has 1 saturated carbocycles. The van der Waals surface area contributed by atoms with Gasteiger partial charge in [-0.1, -0.05) is 0 Å². The van der Waals surface area contributed by atoms with Crippen molar-refractivity contribution in [2.24, 2.45) is 0 Å². The lowest BCUT2D eigenvalue weighted by molar-refractivity contribution is 0.201. The number of benzene rings is 1. The van der Waals surface area contributed by atoms with Crippen LogP contribution in [0.15, 0.2) is 54.2 Å². The Kier molecular flexibility index (Phi) is 7.44. The fourth-order valence-electron chi connectivity index (χ4n) is 4.76. The first-order chi connectivity index (χ1) is 17.1. The first-order valence-electron chi connectivity index (χ1n) is 12.3. The maximum absolute atomic E-state index is 12.4. The number of anilines is 3. The summed E-state index contributed by atoms with van der Waals surface area (Å²) in [4.78, 5) is 25.9. The zero-order valence-corrected chi connectivity index (χ0v) is 20.8.